The van der Waals surface area contributed by atoms with E-state index in [9.17, 15) is 9.90 Å². The lowest BCUT2D eigenvalue weighted by molar-refractivity contribution is 0.0977. The molecular weight excluding hydrogens is 296 g/mol. The largest absolute Gasteiger partial charge is 0.505 e. The van der Waals surface area contributed by atoms with Gasteiger partial charge in [-0.25, -0.2) is 0 Å². The lowest BCUT2D eigenvalue weighted by Crippen LogP contribution is -2.34. The maximum atomic E-state index is 12.2. The Kier molecular flexibility index (Phi) is 4.78. The summed E-state index contributed by atoms with van der Waals surface area (Å²) in [5, 5.41) is 15.7. The van der Waals surface area contributed by atoms with Crippen LogP contribution in [-0.2, 0) is 0 Å². The molecule has 0 spiro atoms. The van der Waals surface area contributed by atoms with Gasteiger partial charge in [-0.3, -0.25) is 10.1 Å². The Morgan fingerprint density at radius 3 is 2.45 bits per heavy atom. The maximum absolute atomic E-state index is 12.2. The van der Waals surface area contributed by atoms with Gasteiger partial charge in [-0.1, -0.05) is 24.3 Å². The number of phenolic OH excluding ortho intramolecular Hbond substituents is 1. The molecule has 0 aliphatic heterocycles. The summed E-state index contributed by atoms with van der Waals surface area (Å²) < 4.78 is 0. The van der Waals surface area contributed by atoms with Crippen molar-refractivity contribution in [3.63, 3.8) is 0 Å². The summed E-state index contributed by atoms with van der Waals surface area (Å²) in [6.45, 7) is 5.59. The number of rotatable bonds is 2. The Hall–Kier alpha value is -2.40. The molecule has 5 heteroatoms. The number of anilines is 1. The van der Waals surface area contributed by atoms with Crippen LogP contribution in [-0.4, -0.2) is 16.1 Å². The molecule has 0 saturated heterocycles. The standard InChI is InChI=1S/C17H18N2O2S/c1-10-8-12(3)15(20)14(9-10)18-17(22)19-16(21)13-7-5-4-6-11(13)2/h4-9,20H,1-3H3,(H2,18,19,21,22). The quantitative estimate of drug-likeness (QED) is 0.587. The molecule has 1 amide bonds. The number of benzene rings is 2. The first-order valence-corrected chi connectivity index (χ1v) is 7.27. The topological polar surface area (TPSA) is 61.4 Å². The Balaban J connectivity index is 2.11. The van der Waals surface area contributed by atoms with E-state index in [2.05, 4.69) is 10.6 Å². The summed E-state index contributed by atoms with van der Waals surface area (Å²) in [7, 11) is 0. The van der Waals surface area contributed by atoms with Crippen LogP contribution in [0, 0.1) is 20.8 Å². The summed E-state index contributed by atoms with van der Waals surface area (Å²) in [5.74, 6) is -0.155. The van der Waals surface area contributed by atoms with Gasteiger partial charge in [0.1, 0.15) is 5.75 Å². The fraction of sp³-hybridized carbons (Fsp3) is 0.176. The highest BCUT2D eigenvalue weighted by Crippen LogP contribution is 2.28. The Labute approximate surface area is 135 Å². The molecule has 2 aromatic rings. The van der Waals surface area contributed by atoms with Crippen LogP contribution >= 0.6 is 12.2 Å². The van der Waals surface area contributed by atoms with Gasteiger partial charge in [0.2, 0.25) is 0 Å². The van der Waals surface area contributed by atoms with E-state index in [0.717, 1.165) is 16.7 Å². The lowest BCUT2D eigenvalue weighted by Gasteiger charge is -2.13. The van der Waals surface area contributed by atoms with Crippen molar-refractivity contribution in [1.82, 2.24) is 5.32 Å². The van der Waals surface area contributed by atoms with Crippen LogP contribution in [0.25, 0.3) is 0 Å². The monoisotopic (exact) mass is 314 g/mol. The fourth-order valence-electron chi connectivity index (χ4n) is 2.21. The van der Waals surface area contributed by atoms with Crippen LogP contribution in [0.15, 0.2) is 36.4 Å². The van der Waals surface area contributed by atoms with Crippen LogP contribution in [0.1, 0.15) is 27.0 Å². The smallest absolute Gasteiger partial charge is 0.257 e. The van der Waals surface area contributed by atoms with Gasteiger partial charge >= 0.3 is 0 Å². The Morgan fingerprint density at radius 1 is 1.09 bits per heavy atom. The molecule has 2 rings (SSSR count). The van der Waals surface area contributed by atoms with Gasteiger partial charge in [-0.15, -0.1) is 0 Å². The minimum Gasteiger partial charge on any atom is -0.505 e. The third-order valence-corrected chi connectivity index (χ3v) is 3.51. The van der Waals surface area contributed by atoms with Crippen LogP contribution in [0.2, 0.25) is 0 Å². The Morgan fingerprint density at radius 2 is 1.77 bits per heavy atom. The highest BCUT2D eigenvalue weighted by Gasteiger charge is 2.12. The number of carbonyl (C=O) groups is 1. The number of hydrogen-bond acceptors (Lipinski definition) is 3. The molecule has 0 aliphatic rings. The first-order chi connectivity index (χ1) is 10.4. The SMILES string of the molecule is Cc1cc(C)c(O)c(NC(=S)NC(=O)c2ccccc2C)c1. The number of carbonyl (C=O) groups excluding carboxylic acids is 1. The summed E-state index contributed by atoms with van der Waals surface area (Å²) >= 11 is 5.15. The number of thiocarbonyl (C=S) groups is 1. The van der Waals surface area contributed by atoms with E-state index in [1.54, 1.807) is 18.2 Å². The molecule has 3 N–H and O–H groups in total. The van der Waals surface area contributed by atoms with Crippen molar-refractivity contribution in [2.45, 2.75) is 20.8 Å². The number of aromatic hydroxyl groups is 1. The van der Waals surface area contributed by atoms with Crippen LogP contribution in [0.4, 0.5) is 5.69 Å². The predicted molar refractivity (Wildman–Crippen MR) is 92.4 cm³/mol. The molecule has 0 radical (unpaired) electrons. The van der Waals surface area contributed by atoms with Crippen molar-refractivity contribution in [3.05, 3.63) is 58.7 Å². The average Bonchev–Trinajstić information content (AvgIpc) is 2.44. The second-order valence-corrected chi connectivity index (χ2v) is 5.61. The molecule has 0 unspecified atom stereocenters. The molecule has 0 saturated carbocycles. The van der Waals surface area contributed by atoms with Gasteiger partial charge in [-0.05, 0) is 61.8 Å². The first-order valence-electron chi connectivity index (χ1n) is 6.86. The van der Waals surface area contributed by atoms with E-state index >= 15 is 0 Å². The number of nitrogens with one attached hydrogen (secondary N) is 2. The second-order valence-electron chi connectivity index (χ2n) is 5.20. The molecule has 22 heavy (non-hydrogen) atoms. The van der Waals surface area contributed by atoms with Gasteiger partial charge in [-0.2, -0.15) is 0 Å². The average molecular weight is 314 g/mol. The van der Waals surface area contributed by atoms with Crippen molar-refractivity contribution in [2.24, 2.45) is 0 Å². The van der Waals surface area contributed by atoms with Crippen molar-refractivity contribution in [2.75, 3.05) is 5.32 Å². The number of amides is 1. The third-order valence-electron chi connectivity index (χ3n) is 3.31. The summed E-state index contributed by atoms with van der Waals surface area (Å²) in [4.78, 5) is 12.2. The summed E-state index contributed by atoms with van der Waals surface area (Å²) in [6, 6.07) is 10.9. The molecule has 2 aromatic carbocycles. The minimum absolute atomic E-state index is 0.123. The zero-order valence-corrected chi connectivity index (χ0v) is 13.5. The maximum Gasteiger partial charge on any atom is 0.257 e. The molecule has 0 fully saturated rings. The third kappa shape index (κ3) is 3.62. The van der Waals surface area contributed by atoms with Crippen molar-refractivity contribution in [3.8, 4) is 5.75 Å². The minimum atomic E-state index is -0.278. The van der Waals surface area contributed by atoms with Crippen LogP contribution in [0.5, 0.6) is 5.75 Å². The van der Waals surface area contributed by atoms with Crippen molar-refractivity contribution in [1.29, 1.82) is 0 Å². The van der Waals surface area contributed by atoms with Gasteiger partial charge in [0.25, 0.3) is 5.91 Å². The number of phenols is 1. The van der Waals surface area contributed by atoms with Gasteiger partial charge in [0, 0.05) is 5.56 Å². The molecule has 0 heterocycles. The van der Waals surface area contributed by atoms with Gasteiger partial charge in [0.15, 0.2) is 5.11 Å². The zero-order valence-electron chi connectivity index (χ0n) is 12.7. The Bertz CT molecular complexity index is 741. The van der Waals surface area contributed by atoms with E-state index in [0.29, 0.717) is 11.3 Å². The highest BCUT2D eigenvalue weighted by atomic mass is 32.1. The fourth-order valence-corrected chi connectivity index (χ4v) is 2.41. The van der Waals surface area contributed by atoms with Crippen LogP contribution in [0.3, 0.4) is 0 Å². The highest BCUT2D eigenvalue weighted by molar-refractivity contribution is 7.80. The molecule has 0 aromatic heterocycles. The van der Waals surface area contributed by atoms with Crippen molar-refractivity contribution >= 4 is 28.9 Å². The van der Waals surface area contributed by atoms with Gasteiger partial charge in [0.05, 0.1) is 5.69 Å². The van der Waals surface area contributed by atoms with E-state index in [4.69, 9.17) is 12.2 Å². The molecule has 0 atom stereocenters. The van der Waals surface area contributed by atoms with Crippen molar-refractivity contribution < 1.29 is 9.90 Å². The molecule has 0 aliphatic carbocycles. The van der Waals surface area contributed by atoms with E-state index in [1.807, 2.05) is 39.0 Å². The summed E-state index contributed by atoms with van der Waals surface area (Å²) in [5.41, 5.74) is 3.65. The lowest BCUT2D eigenvalue weighted by atomic mass is 10.1. The van der Waals surface area contributed by atoms with E-state index < -0.39 is 0 Å². The second kappa shape index (κ2) is 6.58. The van der Waals surface area contributed by atoms with E-state index in [-0.39, 0.29) is 16.8 Å². The van der Waals surface area contributed by atoms with E-state index in [1.165, 1.54) is 0 Å². The zero-order chi connectivity index (χ0) is 16.3. The predicted octanol–water partition coefficient (Wildman–Crippen LogP) is 3.44. The first kappa shape index (κ1) is 16.0. The molecule has 0 bridgehead atoms. The number of aryl methyl sites for hydroxylation is 3. The molecular formula is C17H18N2O2S. The normalized spacial score (nSPS) is 10.1. The summed E-state index contributed by atoms with van der Waals surface area (Å²) in [6.07, 6.45) is 0. The van der Waals surface area contributed by atoms with Crippen LogP contribution < -0.4 is 10.6 Å². The molecule has 4 nitrogen and oxygen atoms in total. The number of hydrogen-bond donors (Lipinski definition) is 3. The molecule has 114 valence electrons. The van der Waals surface area contributed by atoms with Gasteiger partial charge < -0.3 is 10.4 Å².